The second-order valence-corrected chi connectivity index (χ2v) is 2.32. The molecule has 0 fully saturated rings. The molecule has 0 aromatic rings. The lowest BCUT2D eigenvalue weighted by Crippen LogP contribution is -2.31. The monoisotopic (exact) mass is 128 g/mol. The minimum absolute atomic E-state index is 0.220. The molecule has 0 aliphatic carbocycles. The van der Waals surface area contributed by atoms with Gasteiger partial charge in [0.25, 0.3) is 0 Å². The number of hydrogen-bond acceptors (Lipinski definition) is 2. The molecule has 0 heterocycles. The summed E-state index contributed by atoms with van der Waals surface area (Å²) in [6, 6.07) is 0. The molecule has 0 aliphatic heterocycles. The van der Waals surface area contributed by atoms with Crippen LogP contribution in [0.5, 0.6) is 0 Å². The molecule has 0 radical (unpaired) electrons. The highest BCUT2D eigenvalue weighted by atomic mass is 16.3. The maximum Gasteiger partial charge on any atom is 0.161 e. The molecule has 0 saturated heterocycles. The summed E-state index contributed by atoms with van der Waals surface area (Å²) in [6.07, 6.45) is 1.85. The van der Waals surface area contributed by atoms with Crippen LogP contribution in [-0.4, -0.2) is 16.5 Å². The fraction of sp³-hybridized carbons (Fsp3) is 0.571. The van der Waals surface area contributed by atoms with Gasteiger partial charge in [0.1, 0.15) is 5.60 Å². The van der Waals surface area contributed by atoms with Crippen LogP contribution >= 0.6 is 0 Å². The van der Waals surface area contributed by atoms with Gasteiger partial charge in [-0.05, 0) is 13.8 Å². The number of hydrogen-bond donors (Lipinski definition) is 1. The van der Waals surface area contributed by atoms with Gasteiger partial charge in [-0.2, -0.15) is 0 Å². The molecule has 52 valence electrons. The minimum Gasteiger partial charge on any atom is -0.382 e. The molecule has 0 aromatic carbocycles. The molecular formula is C7H12O2. The number of aliphatic hydroxyl groups is 1. The Balaban J connectivity index is 4.00. The Bertz CT molecular complexity index is 125. The first kappa shape index (κ1) is 8.37. The third-order valence-electron chi connectivity index (χ3n) is 1.30. The lowest BCUT2D eigenvalue weighted by Gasteiger charge is -2.16. The number of Topliss-reactive ketones (excluding diaryl/α,β-unsaturated/α-hetero) is 1. The van der Waals surface area contributed by atoms with Crippen LogP contribution < -0.4 is 0 Å². The largest absolute Gasteiger partial charge is 0.382 e. The van der Waals surface area contributed by atoms with E-state index in [9.17, 15) is 9.90 Å². The maximum absolute atomic E-state index is 10.6. The quantitative estimate of drug-likeness (QED) is 0.573. The SMILES string of the molecule is C=CCC(C)(O)C(C)=O. The summed E-state index contributed by atoms with van der Waals surface area (Å²) in [5, 5.41) is 9.17. The molecular weight excluding hydrogens is 116 g/mol. The molecule has 1 unspecified atom stereocenters. The molecule has 2 nitrogen and oxygen atoms in total. The van der Waals surface area contributed by atoms with Crippen LogP contribution in [0.4, 0.5) is 0 Å². The molecule has 0 bridgehead atoms. The Morgan fingerprint density at radius 3 is 2.44 bits per heavy atom. The summed E-state index contributed by atoms with van der Waals surface area (Å²) in [5.74, 6) is -0.220. The highest BCUT2D eigenvalue weighted by Crippen LogP contribution is 2.09. The van der Waals surface area contributed by atoms with E-state index >= 15 is 0 Å². The third kappa shape index (κ3) is 2.42. The van der Waals surface area contributed by atoms with Gasteiger partial charge in [-0.25, -0.2) is 0 Å². The van der Waals surface area contributed by atoms with Gasteiger partial charge in [-0.3, -0.25) is 4.79 Å². The van der Waals surface area contributed by atoms with Gasteiger partial charge in [0.05, 0.1) is 0 Å². The molecule has 0 rings (SSSR count). The summed E-state index contributed by atoms with van der Waals surface area (Å²) < 4.78 is 0. The second-order valence-electron chi connectivity index (χ2n) is 2.32. The first-order valence-corrected chi connectivity index (χ1v) is 2.85. The van der Waals surface area contributed by atoms with Gasteiger partial charge in [0.2, 0.25) is 0 Å². The van der Waals surface area contributed by atoms with Crippen molar-refractivity contribution >= 4 is 5.78 Å². The zero-order valence-electron chi connectivity index (χ0n) is 5.85. The predicted molar refractivity (Wildman–Crippen MR) is 36.1 cm³/mol. The first-order valence-electron chi connectivity index (χ1n) is 2.85. The molecule has 9 heavy (non-hydrogen) atoms. The average Bonchev–Trinajstić information content (AvgIpc) is 1.65. The number of carbonyl (C=O) groups excluding carboxylic acids is 1. The first-order chi connectivity index (χ1) is 4.00. The zero-order valence-corrected chi connectivity index (χ0v) is 5.85. The topological polar surface area (TPSA) is 37.3 Å². The highest BCUT2D eigenvalue weighted by molar-refractivity contribution is 5.84. The van der Waals surface area contributed by atoms with E-state index in [-0.39, 0.29) is 5.78 Å². The van der Waals surface area contributed by atoms with Crippen molar-refractivity contribution in [2.75, 3.05) is 0 Å². The van der Waals surface area contributed by atoms with Crippen molar-refractivity contribution in [1.82, 2.24) is 0 Å². The summed E-state index contributed by atoms with van der Waals surface area (Å²) in [6.45, 7) is 6.26. The fourth-order valence-electron chi connectivity index (χ4n) is 0.425. The standard InChI is InChI=1S/C7H12O2/c1-4-5-7(3,9)6(2)8/h4,9H,1,5H2,2-3H3. The van der Waals surface area contributed by atoms with Gasteiger partial charge in [-0.15, -0.1) is 6.58 Å². The van der Waals surface area contributed by atoms with E-state index in [4.69, 9.17) is 0 Å². The van der Waals surface area contributed by atoms with Crippen molar-refractivity contribution in [3.63, 3.8) is 0 Å². The van der Waals surface area contributed by atoms with Gasteiger partial charge in [0.15, 0.2) is 5.78 Å². The van der Waals surface area contributed by atoms with E-state index in [2.05, 4.69) is 6.58 Å². The van der Waals surface area contributed by atoms with Crippen LogP contribution in [0.1, 0.15) is 20.3 Å². The predicted octanol–water partition coefficient (Wildman–Crippen LogP) is 0.902. The Hall–Kier alpha value is -0.630. The third-order valence-corrected chi connectivity index (χ3v) is 1.30. The summed E-state index contributed by atoms with van der Waals surface area (Å²) >= 11 is 0. The molecule has 2 heteroatoms. The lowest BCUT2D eigenvalue weighted by molar-refractivity contribution is -0.132. The smallest absolute Gasteiger partial charge is 0.161 e. The average molecular weight is 128 g/mol. The van der Waals surface area contributed by atoms with Crippen molar-refractivity contribution < 1.29 is 9.90 Å². The van der Waals surface area contributed by atoms with Crippen LogP contribution in [0.2, 0.25) is 0 Å². The van der Waals surface area contributed by atoms with Gasteiger partial charge >= 0.3 is 0 Å². The van der Waals surface area contributed by atoms with Crippen LogP contribution in [0.25, 0.3) is 0 Å². The van der Waals surface area contributed by atoms with E-state index in [1.165, 1.54) is 19.9 Å². The fourth-order valence-corrected chi connectivity index (χ4v) is 0.425. The summed E-state index contributed by atoms with van der Waals surface area (Å²) in [7, 11) is 0. The Morgan fingerprint density at radius 2 is 2.33 bits per heavy atom. The molecule has 1 N–H and O–H groups in total. The van der Waals surface area contributed by atoms with Crippen molar-refractivity contribution in [2.24, 2.45) is 0 Å². The lowest BCUT2D eigenvalue weighted by atomic mass is 9.98. The van der Waals surface area contributed by atoms with Crippen LogP contribution in [0.15, 0.2) is 12.7 Å². The van der Waals surface area contributed by atoms with Crippen molar-refractivity contribution in [3.8, 4) is 0 Å². The van der Waals surface area contributed by atoms with Crippen LogP contribution in [0, 0.1) is 0 Å². The van der Waals surface area contributed by atoms with Crippen molar-refractivity contribution in [2.45, 2.75) is 25.9 Å². The number of rotatable bonds is 3. The van der Waals surface area contributed by atoms with E-state index in [0.717, 1.165) is 0 Å². The zero-order chi connectivity index (χ0) is 7.49. The van der Waals surface area contributed by atoms with E-state index < -0.39 is 5.60 Å². The molecule has 0 spiro atoms. The minimum atomic E-state index is -1.21. The maximum atomic E-state index is 10.6. The van der Waals surface area contributed by atoms with Crippen LogP contribution in [0.3, 0.4) is 0 Å². The Labute approximate surface area is 55.2 Å². The normalized spacial score (nSPS) is 16.3. The molecule has 1 atom stereocenters. The molecule has 0 aromatic heterocycles. The Morgan fingerprint density at radius 1 is 1.89 bits per heavy atom. The van der Waals surface area contributed by atoms with E-state index in [1.807, 2.05) is 0 Å². The number of carbonyl (C=O) groups is 1. The van der Waals surface area contributed by atoms with Gasteiger partial charge < -0.3 is 5.11 Å². The summed E-state index contributed by atoms with van der Waals surface area (Å²) in [4.78, 5) is 10.6. The summed E-state index contributed by atoms with van der Waals surface area (Å²) in [5.41, 5.74) is -1.21. The van der Waals surface area contributed by atoms with Crippen molar-refractivity contribution in [1.29, 1.82) is 0 Å². The Kier molecular flexibility index (Phi) is 2.59. The second kappa shape index (κ2) is 2.78. The van der Waals surface area contributed by atoms with E-state index in [1.54, 1.807) is 0 Å². The van der Waals surface area contributed by atoms with E-state index in [0.29, 0.717) is 6.42 Å². The molecule has 0 saturated carbocycles. The van der Waals surface area contributed by atoms with Gasteiger partial charge in [0, 0.05) is 6.42 Å². The van der Waals surface area contributed by atoms with Crippen LogP contribution in [-0.2, 0) is 4.79 Å². The highest BCUT2D eigenvalue weighted by Gasteiger charge is 2.23. The van der Waals surface area contributed by atoms with Crippen molar-refractivity contribution in [3.05, 3.63) is 12.7 Å². The van der Waals surface area contributed by atoms with Gasteiger partial charge in [-0.1, -0.05) is 6.08 Å². The number of ketones is 1. The molecule has 0 amide bonds. The molecule has 0 aliphatic rings.